The van der Waals surface area contributed by atoms with Crippen molar-refractivity contribution in [2.75, 3.05) is 0 Å². The number of rotatable bonds is 1. The molecule has 2 bridgehead atoms. The Hall–Kier alpha value is 0.0249. The van der Waals surface area contributed by atoms with Gasteiger partial charge in [0.1, 0.15) is 7.85 Å². The molecule has 0 radical (unpaired) electrons. The van der Waals surface area contributed by atoms with Gasteiger partial charge in [0.25, 0.3) is 0 Å². The highest BCUT2D eigenvalue weighted by atomic mass is 16.3. The fourth-order valence-corrected chi connectivity index (χ4v) is 3.24. The first kappa shape index (κ1) is 8.62. The van der Waals surface area contributed by atoms with Crippen molar-refractivity contribution < 1.29 is 5.11 Å². The fourth-order valence-electron chi connectivity index (χ4n) is 3.24. The van der Waals surface area contributed by atoms with E-state index >= 15 is 0 Å². The highest BCUT2D eigenvalue weighted by Crippen LogP contribution is 2.48. The molecule has 2 heteroatoms. The molecule has 0 aromatic rings. The van der Waals surface area contributed by atoms with Crippen molar-refractivity contribution in [3.63, 3.8) is 0 Å². The van der Waals surface area contributed by atoms with Crippen molar-refractivity contribution in [2.24, 2.45) is 17.8 Å². The van der Waals surface area contributed by atoms with Crippen LogP contribution >= 0.6 is 0 Å². The van der Waals surface area contributed by atoms with Gasteiger partial charge in [-0.1, -0.05) is 12.8 Å². The Labute approximate surface area is 76.0 Å². The number of fused-ring (bicyclic) bond motifs is 3. The Morgan fingerprint density at radius 3 is 2.08 bits per heavy atom. The molecule has 12 heavy (non-hydrogen) atoms. The van der Waals surface area contributed by atoms with E-state index in [9.17, 15) is 5.11 Å². The summed E-state index contributed by atoms with van der Waals surface area (Å²) in [6, 6.07) is 0. The zero-order chi connectivity index (χ0) is 8.77. The molecule has 0 spiro atoms. The van der Waals surface area contributed by atoms with E-state index in [0.717, 1.165) is 11.8 Å². The van der Waals surface area contributed by atoms with Crippen LogP contribution in [-0.4, -0.2) is 18.5 Å². The van der Waals surface area contributed by atoms with Crippen molar-refractivity contribution in [1.82, 2.24) is 0 Å². The Balaban J connectivity index is 2.09. The maximum atomic E-state index is 9.96. The number of hydrogen-bond acceptors (Lipinski definition) is 1. The molecule has 2 atom stereocenters. The molecular weight excluding hydrogens is 147 g/mol. The summed E-state index contributed by atoms with van der Waals surface area (Å²) in [5.41, 5.74) is -0.427. The van der Waals surface area contributed by atoms with Crippen LogP contribution in [0.25, 0.3) is 0 Å². The van der Waals surface area contributed by atoms with Gasteiger partial charge in [0, 0.05) is 5.50 Å². The second-order valence-electron chi connectivity index (χ2n) is 5.28. The fraction of sp³-hybridized carbons (Fsp3) is 1.00. The molecular formula is C10H19BO. The van der Waals surface area contributed by atoms with Crippen LogP contribution in [0.1, 0.15) is 39.0 Å². The Bertz CT molecular complexity index is 165. The minimum Gasteiger partial charge on any atom is -0.399 e. The molecule has 1 nitrogen and oxygen atoms in total. The third kappa shape index (κ3) is 1.41. The van der Waals surface area contributed by atoms with Crippen molar-refractivity contribution in [3.8, 4) is 0 Å². The maximum Gasteiger partial charge on any atom is 0.142 e. The van der Waals surface area contributed by atoms with Gasteiger partial charge in [0.05, 0.1) is 0 Å². The Kier molecular flexibility index (Phi) is 1.98. The average molecular weight is 166 g/mol. The van der Waals surface area contributed by atoms with E-state index in [1.807, 2.05) is 14.8 Å². The molecule has 3 fully saturated rings. The van der Waals surface area contributed by atoms with Crippen LogP contribution < -0.4 is 0 Å². The van der Waals surface area contributed by atoms with Crippen LogP contribution in [0.3, 0.4) is 0 Å². The SMILES string of the molecule is BC(C)(O)C1CC2CCC1CC2. The molecule has 68 valence electrons. The van der Waals surface area contributed by atoms with E-state index < -0.39 is 5.50 Å². The largest absolute Gasteiger partial charge is 0.399 e. The minimum atomic E-state index is -0.427. The maximum absolute atomic E-state index is 9.96. The van der Waals surface area contributed by atoms with Crippen molar-refractivity contribution in [3.05, 3.63) is 0 Å². The standard InChI is InChI=1S/C10H19BO/c1-10(11,12)9-6-7-2-4-8(9)5-3-7/h7-9,12H,2-6,11H2,1H3. The summed E-state index contributed by atoms with van der Waals surface area (Å²) in [6.45, 7) is 1.98. The zero-order valence-electron chi connectivity index (χ0n) is 8.21. The summed E-state index contributed by atoms with van der Waals surface area (Å²) >= 11 is 0. The van der Waals surface area contributed by atoms with Gasteiger partial charge >= 0.3 is 0 Å². The monoisotopic (exact) mass is 166 g/mol. The van der Waals surface area contributed by atoms with Crippen LogP contribution in [0.4, 0.5) is 0 Å². The highest BCUT2D eigenvalue weighted by Gasteiger charge is 2.41. The summed E-state index contributed by atoms with van der Waals surface area (Å²) in [6.07, 6.45) is 6.89. The van der Waals surface area contributed by atoms with Crippen LogP contribution in [0, 0.1) is 17.8 Å². The summed E-state index contributed by atoms with van der Waals surface area (Å²) < 4.78 is 0. The third-order valence-electron chi connectivity index (χ3n) is 3.96. The topological polar surface area (TPSA) is 20.2 Å². The van der Waals surface area contributed by atoms with Gasteiger partial charge in [0.2, 0.25) is 0 Å². The Morgan fingerprint density at radius 1 is 1.25 bits per heavy atom. The van der Waals surface area contributed by atoms with E-state index in [0.29, 0.717) is 5.92 Å². The molecule has 3 saturated carbocycles. The summed E-state index contributed by atoms with van der Waals surface area (Å²) in [5, 5.41) is 9.96. The molecule has 0 aliphatic heterocycles. The summed E-state index contributed by atoms with van der Waals surface area (Å²) in [5.74, 6) is 2.35. The second kappa shape index (κ2) is 2.76. The van der Waals surface area contributed by atoms with Gasteiger partial charge in [-0.25, -0.2) is 0 Å². The van der Waals surface area contributed by atoms with E-state index in [1.54, 1.807) is 0 Å². The smallest absolute Gasteiger partial charge is 0.142 e. The van der Waals surface area contributed by atoms with Crippen LogP contribution in [0.2, 0.25) is 0 Å². The van der Waals surface area contributed by atoms with Gasteiger partial charge in [-0.15, -0.1) is 0 Å². The Morgan fingerprint density at radius 2 is 1.83 bits per heavy atom. The lowest BCUT2D eigenvalue weighted by atomic mass is 9.55. The molecule has 0 amide bonds. The predicted octanol–water partition coefficient (Wildman–Crippen LogP) is 1.15. The predicted molar refractivity (Wildman–Crippen MR) is 52.7 cm³/mol. The molecule has 0 aromatic carbocycles. The van der Waals surface area contributed by atoms with Crippen molar-refractivity contribution in [2.45, 2.75) is 44.5 Å². The van der Waals surface area contributed by atoms with E-state index in [4.69, 9.17) is 0 Å². The molecule has 0 aromatic heterocycles. The van der Waals surface area contributed by atoms with Crippen LogP contribution in [0.15, 0.2) is 0 Å². The lowest BCUT2D eigenvalue weighted by Gasteiger charge is -2.47. The quantitative estimate of drug-likeness (QED) is 0.579. The first-order valence-corrected chi connectivity index (χ1v) is 5.30. The molecule has 2 unspecified atom stereocenters. The third-order valence-corrected chi connectivity index (χ3v) is 3.96. The van der Waals surface area contributed by atoms with Crippen molar-refractivity contribution >= 4 is 7.85 Å². The number of aliphatic hydroxyl groups is 1. The molecule has 0 heterocycles. The van der Waals surface area contributed by atoms with E-state index in [1.165, 1.54) is 32.1 Å². The van der Waals surface area contributed by atoms with Gasteiger partial charge in [-0.05, 0) is 43.9 Å². The summed E-state index contributed by atoms with van der Waals surface area (Å²) in [4.78, 5) is 0. The lowest BCUT2D eigenvalue weighted by Crippen LogP contribution is -2.45. The molecule has 0 saturated heterocycles. The molecule has 3 aliphatic rings. The lowest BCUT2D eigenvalue weighted by molar-refractivity contribution is -0.0206. The van der Waals surface area contributed by atoms with Gasteiger partial charge in [0.15, 0.2) is 0 Å². The first-order valence-electron chi connectivity index (χ1n) is 5.30. The first-order chi connectivity index (χ1) is 5.57. The van der Waals surface area contributed by atoms with Gasteiger partial charge < -0.3 is 5.11 Å². The minimum absolute atomic E-state index is 0.427. The summed E-state index contributed by atoms with van der Waals surface area (Å²) in [7, 11) is 1.98. The molecule has 3 rings (SSSR count). The van der Waals surface area contributed by atoms with E-state index in [2.05, 4.69) is 0 Å². The zero-order valence-corrected chi connectivity index (χ0v) is 8.21. The van der Waals surface area contributed by atoms with Gasteiger partial charge in [-0.2, -0.15) is 0 Å². The van der Waals surface area contributed by atoms with E-state index in [-0.39, 0.29) is 0 Å². The highest BCUT2D eigenvalue weighted by molar-refractivity contribution is 6.14. The molecule has 3 aliphatic carbocycles. The van der Waals surface area contributed by atoms with Gasteiger partial charge in [-0.3, -0.25) is 0 Å². The second-order valence-corrected chi connectivity index (χ2v) is 5.28. The van der Waals surface area contributed by atoms with Crippen LogP contribution in [-0.2, 0) is 0 Å². The number of hydrogen-bond donors (Lipinski definition) is 1. The van der Waals surface area contributed by atoms with Crippen LogP contribution in [0.5, 0.6) is 0 Å². The average Bonchev–Trinajstić information content (AvgIpc) is 2.05. The molecule has 1 N–H and O–H groups in total. The normalized spacial score (nSPS) is 45.7. The van der Waals surface area contributed by atoms with Crippen molar-refractivity contribution in [1.29, 1.82) is 0 Å².